The van der Waals surface area contributed by atoms with E-state index in [9.17, 15) is 18.0 Å². The second-order valence-corrected chi connectivity index (χ2v) is 8.54. The molecule has 0 fully saturated rings. The first kappa shape index (κ1) is 21.4. The van der Waals surface area contributed by atoms with Crippen molar-refractivity contribution >= 4 is 29.0 Å². The van der Waals surface area contributed by atoms with Crippen LogP contribution in [-0.2, 0) is 11.9 Å². The Morgan fingerprint density at radius 1 is 1.21 bits per heavy atom. The van der Waals surface area contributed by atoms with Crippen LogP contribution >= 0.6 is 23.1 Å². The molecule has 0 saturated carbocycles. The van der Waals surface area contributed by atoms with Gasteiger partial charge in [-0.15, -0.1) is 23.1 Å². The molecule has 1 amide bonds. The number of aromatic nitrogens is 1. The number of benzene rings is 2. The van der Waals surface area contributed by atoms with E-state index < -0.39 is 17.8 Å². The van der Waals surface area contributed by atoms with Gasteiger partial charge in [0.2, 0.25) is 0 Å². The van der Waals surface area contributed by atoms with Gasteiger partial charge >= 0.3 is 6.18 Å². The summed E-state index contributed by atoms with van der Waals surface area (Å²) in [6.45, 7) is 3.61. The van der Waals surface area contributed by atoms with E-state index >= 15 is 0 Å². The Bertz CT molecular complexity index is 1000. The van der Waals surface area contributed by atoms with E-state index in [0.29, 0.717) is 16.9 Å². The molecule has 1 aromatic heterocycles. The molecule has 3 nitrogen and oxygen atoms in total. The molecule has 3 rings (SSSR count). The molecule has 1 atom stereocenters. The van der Waals surface area contributed by atoms with Crippen LogP contribution in [-0.4, -0.2) is 10.9 Å². The second kappa shape index (κ2) is 9.00. The Morgan fingerprint density at radius 2 is 1.97 bits per heavy atom. The van der Waals surface area contributed by atoms with Crippen molar-refractivity contribution in [3.8, 4) is 0 Å². The summed E-state index contributed by atoms with van der Waals surface area (Å²) in [6, 6.07) is 11.6. The number of thioether (sulfide) groups is 1. The number of carbonyl (C=O) groups excluding carboxylic acids is 1. The van der Waals surface area contributed by atoms with Crippen LogP contribution in [0, 0.1) is 6.92 Å². The molecule has 1 heterocycles. The molecule has 0 aliphatic rings. The monoisotopic (exact) mass is 436 g/mol. The quantitative estimate of drug-likeness (QED) is 0.464. The summed E-state index contributed by atoms with van der Waals surface area (Å²) in [6.07, 6.45) is -4.42. The first-order chi connectivity index (χ1) is 13.7. The highest BCUT2D eigenvalue weighted by atomic mass is 32.2. The average molecular weight is 437 g/mol. The van der Waals surface area contributed by atoms with Crippen LogP contribution in [0.25, 0.3) is 0 Å². The number of amides is 1. The number of thiazole rings is 1. The maximum atomic E-state index is 12.9. The summed E-state index contributed by atoms with van der Waals surface area (Å²) < 4.78 is 38.8. The number of aryl methyl sites for hydroxylation is 1. The second-order valence-electron chi connectivity index (χ2n) is 6.46. The van der Waals surface area contributed by atoms with Crippen LogP contribution in [0.1, 0.15) is 45.2 Å². The van der Waals surface area contributed by atoms with E-state index in [2.05, 4.69) is 10.3 Å². The Hall–Kier alpha value is -2.32. The van der Waals surface area contributed by atoms with Crippen LogP contribution in [0.4, 0.5) is 13.2 Å². The molecule has 2 aromatic carbocycles. The van der Waals surface area contributed by atoms with Crippen LogP contribution < -0.4 is 5.32 Å². The van der Waals surface area contributed by atoms with Gasteiger partial charge in [0, 0.05) is 16.0 Å². The molecule has 0 aliphatic carbocycles. The predicted octanol–water partition coefficient (Wildman–Crippen LogP) is 6.25. The largest absolute Gasteiger partial charge is 0.416 e. The van der Waals surface area contributed by atoms with Gasteiger partial charge in [0.25, 0.3) is 5.91 Å². The lowest BCUT2D eigenvalue weighted by Gasteiger charge is -2.17. The van der Waals surface area contributed by atoms with Crippen molar-refractivity contribution in [2.45, 2.75) is 36.7 Å². The van der Waals surface area contributed by atoms with Crippen LogP contribution in [0.3, 0.4) is 0 Å². The van der Waals surface area contributed by atoms with Gasteiger partial charge in [-0.05, 0) is 43.7 Å². The molecule has 0 bridgehead atoms. The highest BCUT2D eigenvalue weighted by Gasteiger charge is 2.30. The first-order valence-electron chi connectivity index (χ1n) is 8.85. The SMILES string of the molecule is Cc1nc(CSc2ccccc2C(=O)NC(C)c2cccc(C(F)(F)F)c2)cs1. The van der Waals surface area contributed by atoms with Crippen molar-refractivity contribution in [3.05, 3.63) is 81.3 Å². The standard InChI is InChI=1S/C21H19F3N2OS2/c1-13(15-6-5-7-16(10-15)21(22,23)24)25-20(27)18-8-3-4-9-19(18)29-12-17-11-28-14(2)26-17/h3-11,13H,12H2,1-2H3,(H,25,27). The zero-order chi connectivity index (χ0) is 21.0. The Kier molecular flexibility index (Phi) is 6.64. The van der Waals surface area contributed by atoms with E-state index in [1.165, 1.54) is 17.8 Å². The number of nitrogens with one attached hydrogen (secondary N) is 1. The smallest absolute Gasteiger partial charge is 0.345 e. The minimum Gasteiger partial charge on any atom is -0.345 e. The third-order valence-corrected chi connectivity index (χ3v) is 6.16. The van der Waals surface area contributed by atoms with E-state index in [0.717, 1.165) is 27.7 Å². The van der Waals surface area contributed by atoms with Gasteiger partial charge in [0.1, 0.15) is 0 Å². The Balaban J connectivity index is 1.72. The summed E-state index contributed by atoms with van der Waals surface area (Å²) in [7, 11) is 0. The number of hydrogen-bond acceptors (Lipinski definition) is 4. The van der Waals surface area contributed by atoms with Crippen molar-refractivity contribution in [1.82, 2.24) is 10.3 Å². The predicted molar refractivity (Wildman–Crippen MR) is 110 cm³/mol. The lowest BCUT2D eigenvalue weighted by molar-refractivity contribution is -0.137. The number of alkyl halides is 3. The van der Waals surface area contributed by atoms with Gasteiger partial charge in [-0.2, -0.15) is 13.2 Å². The molecular formula is C21H19F3N2OS2. The third-order valence-electron chi connectivity index (χ3n) is 4.24. The van der Waals surface area contributed by atoms with Crippen molar-refractivity contribution in [2.75, 3.05) is 0 Å². The number of nitrogens with zero attached hydrogens (tertiary/aromatic N) is 1. The fourth-order valence-electron chi connectivity index (χ4n) is 2.75. The van der Waals surface area contributed by atoms with Crippen LogP contribution in [0.5, 0.6) is 0 Å². The van der Waals surface area contributed by atoms with E-state index in [1.807, 2.05) is 24.4 Å². The van der Waals surface area contributed by atoms with Crippen molar-refractivity contribution in [3.63, 3.8) is 0 Å². The van der Waals surface area contributed by atoms with Crippen molar-refractivity contribution in [2.24, 2.45) is 0 Å². The van der Waals surface area contributed by atoms with Gasteiger partial charge < -0.3 is 5.32 Å². The minimum absolute atomic E-state index is 0.326. The molecule has 0 saturated heterocycles. The molecule has 29 heavy (non-hydrogen) atoms. The van der Waals surface area contributed by atoms with E-state index in [-0.39, 0.29) is 5.91 Å². The van der Waals surface area contributed by atoms with Gasteiger partial charge in [-0.1, -0.05) is 24.3 Å². The fraction of sp³-hybridized carbons (Fsp3) is 0.238. The minimum atomic E-state index is -4.42. The molecule has 152 valence electrons. The van der Waals surface area contributed by atoms with Crippen LogP contribution in [0.15, 0.2) is 58.8 Å². The topological polar surface area (TPSA) is 42.0 Å². The number of carbonyl (C=O) groups is 1. The summed E-state index contributed by atoms with van der Waals surface area (Å²) in [5.74, 6) is 0.310. The third kappa shape index (κ3) is 5.61. The lowest BCUT2D eigenvalue weighted by Crippen LogP contribution is -2.27. The molecule has 0 radical (unpaired) electrons. The molecule has 8 heteroatoms. The summed E-state index contributed by atoms with van der Waals surface area (Å²) in [4.78, 5) is 18.0. The Morgan fingerprint density at radius 3 is 2.66 bits per heavy atom. The number of rotatable bonds is 6. The summed E-state index contributed by atoms with van der Waals surface area (Å²) in [5, 5.41) is 5.78. The number of hydrogen-bond donors (Lipinski definition) is 1. The molecular weight excluding hydrogens is 417 g/mol. The van der Waals surface area contributed by atoms with Crippen molar-refractivity contribution < 1.29 is 18.0 Å². The maximum absolute atomic E-state index is 12.9. The zero-order valence-corrected chi connectivity index (χ0v) is 17.4. The summed E-state index contributed by atoms with van der Waals surface area (Å²) >= 11 is 3.08. The van der Waals surface area contributed by atoms with Crippen LogP contribution in [0.2, 0.25) is 0 Å². The molecule has 0 spiro atoms. The molecule has 1 N–H and O–H groups in total. The van der Waals surface area contributed by atoms with Crippen molar-refractivity contribution in [1.29, 1.82) is 0 Å². The van der Waals surface area contributed by atoms with E-state index in [1.54, 1.807) is 36.5 Å². The lowest BCUT2D eigenvalue weighted by atomic mass is 10.0. The normalized spacial score (nSPS) is 12.6. The van der Waals surface area contributed by atoms with Gasteiger partial charge in [0.05, 0.1) is 27.9 Å². The van der Waals surface area contributed by atoms with Gasteiger partial charge in [-0.25, -0.2) is 4.98 Å². The zero-order valence-electron chi connectivity index (χ0n) is 15.8. The Labute approximate surface area is 175 Å². The first-order valence-corrected chi connectivity index (χ1v) is 10.7. The number of halogens is 3. The average Bonchev–Trinajstić information content (AvgIpc) is 3.11. The molecule has 0 aliphatic heterocycles. The fourth-order valence-corrected chi connectivity index (χ4v) is 4.41. The summed E-state index contributed by atoms with van der Waals surface area (Å²) in [5.41, 5.74) is 1.11. The van der Waals surface area contributed by atoms with E-state index in [4.69, 9.17) is 0 Å². The highest BCUT2D eigenvalue weighted by molar-refractivity contribution is 7.98. The highest BCUT2D eigenvalue weighted by Crippen LogP contribution is 2.31. The van der Waals surface area contributed by atoms with Gasteiger partial charge in [-0.3, -0.25) is 4.79 Å². The van der Waals surface area contributed by atoms with Gasteiger partial charge in [0.15, 0.2) is 0 Å². The molecule has 1 unspecified atom stereocenters. The maximum Gasteiger partial charge on any atom is 0.416 e. The molecule has 3 aromatic rings.